The number of piperazine rings is 1. The van der Waals surface area contributed by atoms with E-state index in [1.54, 1.807) is 0 Å². The lowest BCUT2D eigenvalue weighted by Gasteiger charge is -2.34. The number of aromatic nitrogens is 1. The maximum absolute atomic E-state index is 9.10. The molecule has 114 valence electrons. The van der Waals surface area contributed by atoms with Crippen molar-refractivity contribution in [2.45, 2.75) is 12.5 Å². The first-order valence-electron chi connectivity index (χ1n) is 6.77. The van der Waals surface area contributed by atoms with E-state index in [-0.39, 0.29) is 30.9 Å². The van der Waals surface area contributed by atoms with E-state index in [0.717, 1.165) is 31.7 Å². The number of nitriles is 1. The molecule has 0 amide bonds. The monoisotopic (exact) mass is 326 g/mol. The van der Waals surface area contributed by atoms with Gasteiger partial charge in [-0.3, -0.25) is 4.90 Å². The quantitative estimate of drug-likeness (QED) is 0.911. The SMILES string of the molecule is Cl.Cl.N#CC[C@H](c1ccc2cc[nH]c2c1)N1CCNCC1. The molecule has 1 fully saturated rings. The highest BCUT2D eigenvalue weighted by Gasteiger charge is 2.22. The van der Waals surface area contributed by atoms with Gasteiger partial charge in [0.05, 0.1) is 12.5 Å². The number of halogens is 2. The Kier molecular flexibility index (Phi) is 7.00. The summed E-state index contributed by atoms with van der Waals surface area (Å²) in [4.78, 5) is 5.65. The van der Waals surface area contributed by atoms with Crippen LogP contribution in [0.1, 0.15) is 18.0 Å². The van der Waals surface area contributed by atoms with Crippen LogP contribution in [0.15, 0.2) is 30.5 Å². The Morgan fingerprint density at radius 1 is 1.19 bits per heavy atom. The van der Waals surface area contributed by atoms with E-state index >= 15 is 0 Å². The number of H-pyrrole nitrogens is 1. The lowest BCUT2D eigenvalue weighted by molar-refractivity contribution is 0.176. The number of nitrogens with one attached hydrogen (secondary N) is 2. The number of hydrogen-bond acceptors (Lipinski definition) is 3. The number of nitrogens with zero attached hydrogens (tertiary/aromatic N) is 2. The van der Waals surface area contributed by atoms with Crippen LogP contribution in [0.4, 0.5) is 0 Å². The molecule has 2 N–H and O–H groups in total. The van der Waals surface area contributed by atoms with Crippen molar-refractivity contribution < 1.29 is 0 Å². The Balaban J connectivity index is 0.00000110. The molecule has 0 bridgehead atoms. The van der Waals surface area contributed by atoms with Gasteiger partial charge in [-0.25, -0.2) is 0 Å². The predicted octanol–water partition coefficient (Wildman–Crippen LogP) is 2.87. The normalized spacial score (nSPS) is 16.5. The second kappa shape index (κ2) is 8.26. The summed E-state index contributed by atoms with van der Waals surface area (Å²) in [6, 6.07) is 11.1. The summed E-state index contributed by atoms with van der Waals surface area (Å²) >= 11 is 0. The second-order valence-electron chi connectivity index (χ2n) is 4.99. The molecule has 0 saturated carbocycles. The maximum Gasteiger partial charge on any atom is 0.0641 e. The van der Waals surface area contributed by atoms with Crippen molar-refractivity contribution in [2.75, 3.05) is 26.2 Å². The average Bonchev–Trinajstić information content (AvgIpc) is 2.93. The molecule has 0 radical (unpaired) electrons. The first-order chi connectivity index (χ1) is 9.38. The lowest BCUT2D eigenvalue weighted by Crippen LogP contribution is -2.45. The molecule has 0 unspecified atom stereocenters. The van der Waals surface area contributed by atoms with Crippen LogP contribution in [0.3, 0.4) is 0 Å². The van der Waals surface area contributed by atoms with Crippen LogP contribution in [0.25, 0.3) is 10.9 Å². The molecule has 21 heavy (non-hydrogen) atoms. The number of aromatic amines is 1. The van der Waals surface area contributed by atoms with Crippen molar-refractivity contribution in [1.82, 2.24) is 15.2 Å². The van der Waals surface area contributed by atoms with Crippen LogP contribution in [-0.4, -0.2) is 36.1 Å². The van der Waals surface area contributed by atoms with Crippen molar-refractivity contribution in [3.63, 3.8) is 0 Å². The highest BCUT2D eigenvalue weighted by molar-refractivity contribution is 5.85. The van der Waals surface area contributed by atoms with Gasteiger partial charge < -0.3 is 10.3 Å². The largest absolute Gasteiger partial charge is 0.361 e. The van der Waals surface area contributed by atoms with Gasteiger partial charge in [-0.1, -0.05) is 12.1 Å². The topological polar surface area (TPSA) is 54.9 Å². The molecular weight excluding hydrogens is 307 g/mol. The highest BCUT2D eigenvalue weighted by Crippen LogP contribution is 2.27. The second-order valence-corrected chi connectivity index (χ2v) is 4.99. The first kappa shape index (κ1) is 17.8. The van der Waals surface area contributed by atoms with E-state index in [1.807, 2.05) is 6.20 Å². The summed E-state index contributed by atoms with van der Waals surface area (Å²) in [5.74, 6) is 0. The van der Waals surface area contributed by atoms with Gasteiger partial charge in [-0.2, -0.15) is 5.26 Å². The van der Waals surface area contributed by atoms with Gasteiger partial charge >= 0.3 is 0 Å². The summed E-state index contributed by atoms with van der Waals surface area (Å²) in [6.45, 7) is 4.03. The van der Waals surface area contributed by atoms with Crippen LogP contribution < -0.4 is 5.32 Å². The lowest BCUT2D eigenvalue weighted by atomic mass is 10.0. The highest BCUT2D eigenvalue weighted by atomic mass is 35.5. The number of rotatable bonds is 3. The van der Waals surface area contributed by atoms with Crippen LogP contribution >= 0.6 is 24.8 Å². The summed E-state index contributed by atoms with van der Waals surface area (Å²) in [5, 5.41) is 13.7. The average molecular weight is 327 g/mol. The molecule has 1 saturated heterocycles. The molecule has 1 aromatic carbocycles. The van der Waals surface area contributed by atoms with Gasteiger partial charge in [-0.15, -0.1) is 24.8 Å². The zero-order valence-electron chi connectivity index (χ0n) is 11.7. The third-order valence-electron chi connectivity index (χ3n) is 3.84. The van der Waals surface area contributed by atoms with E-state index in [0.29, 0.717) is 6.42 Å². The Bertz CT molecular complexity index is 599. The smallest absolute Gasteiger partial charge is 0.0641 e. The van der Waals surface area contributed by atoms with Crippen LogP contribution in [0.2, 0.25) is 0 Å². The molecule has 1 atom stereocenters. The summed E-state index contributed by atoms with van der Waals surface area (Å²) in [6.07, 6.45) is 2.50. The Morgan fingerprint density at radius 3 is 2.67 bits per heavy atom. The number of hydrogen-bond donors (Lipinski definition) is 2. The van der Waals surface area contributed by atoms with Gasteiger partial charge in [0.25, 0.3) is 0 Å². The maximum atomic E-state index is 9.10. The van der Waals surface area contributed by atoms with Crippen LogP contribution in [0.5, 0.6) is 0 Å². The molecule has 1 aromatic heterocycles. The van der Waals surface area contributed by atoms with Crippen molar-refractivity contribution in [1.29, 1.82) is 5.26 Å². The molecular formula is C15H20Cl2N4. The fraction of sp³-hybridized carbons (Fsp3) is 0.400. The van der Waals surface area contributed by atoms with Crippen molar-refractivity contribution in [3.05, 3.63) is 36.0 Å². The first-order valence-corrected chi connectivity index (χ1v) is 6.77. The fourth-order valence-corrected chi connectivity index (χ4v) is 2.81. The molecule has 0 spiro atoms. The third kappa shape index (κ3) is 3.90. The van der Waals surface area contributed by atoms with Gasteiger partial charge in [0, 0.05) is 43.9 Å². The van der Waals surface area contributed by atoms with E-state index < -0.39 is 0 Å². The van der Waals surface area contributed by atoms with Crippen LogP contribution in [-0.2, 0) is 0 Å². The molecule has 1 aliphatic rings. The molecule has 2 aromatic rings. The van der Waals surface area contributed by atoms with E-state index in [9.17, 15) is 0 Å². The Morgan fingerprint density at radius 2 is 1.95 bits per heavy atom. The third-order valence-corrected chi connectivity index (χ3v) is 3.84. The minimum atomic E-state index is 0. The zero-order valence-corrected chi connectivity index (χ0v) is 13.3. The standard InChI is InChI=1S/C15H18N4.2ClH/c16-5-3-15(19-9-7-17-8-10-19)13-2-1-12-4-6-18-14(12)11-13;;/h1-2,4,6,11,15,17-18H,3,7-10H2;2*1H/t15-;;/m1../s1. The Hall–Kier alpha value is -1.25. The van der Waals surface area contributed by atoms with Crippen LogP contribution in [0, 0.1) is 11.3 Å². The van der Waals surface area contributed by atoms with E-state index in [2.05, 4.69) is 45.5 Å². The minimum Gasteiger partial charge on any atom is -0.361 e. The molecule has 4 nitrogen and oxygen atoms in total. The number of benzene rings is 1. The van der Waals surface area contributed by atoms with Gasteiger partial charge in [-0.05, 0) is 23.1 Å². The predicted molar refractivity (Wildman–Crippen MR) is 90.2 cm³/mol. The molecule has 2 heterocycles. The fourth-order valence-electron chi connectivity index (χ4n) is 2.81. The molecule has 1 aliphatic heterocycles. The minimum absolute atomic E-state index is 0. The Labute approximate surface area is 137 Å². The zero-order chi connectivity index (χ0) is 13.1. The van der Waals surface area contributed by atoms with Gasteiger partial charge in [0.1, 0.15) is 0 Å². The summed E-state index contributed by atoms with van der Waals surface area (Å²) in [5.41, 5.74) is 2.38. The van der Waals surface area contributed by atoms with Crippen molar-refractivity contribution in [2.24, 2.45) is 0 Å². The van der Waals surface area contributed by atoms with E-state index in [4.69, 9.17) is 5.26 Å². The van der Waals surface area contributed by atoms with E-state index in [1.165, 1.54) is 10.9 Å². The van der Waals surface area contributed by atoms with Gasteiger partial charge in [0.15, 0.2) is 0 Å². The van der Waals surface area contributed by atoms with Gasteiger partial charge in [0.2, 0.25) is 0 Å². The molecule has 6 heteroatoms. The summed E-state index contributed by atoms with van der Waals surface area (Å²) < 4.78 is 0. The molecule has 0 aliphatic carbocycles. The summed E-state index contributed by atoms with van der Waals surface area (Å²) in [7, 11) is 0. The van der Waals surface area contributed by atoms with Crippen molar-refractivity contribution >= 4 is 35.7 Å². The molecule has 3 rings (SSSR count). The number of fused-ring (bicyclic) bond motifs is 1. The van der Waals surface area contributed by atoms with Crippen molar-refractivity contribution in [3.8, 4) is 6.07 Å².